The Balaban J connectivity index is 3.31. The first-order valence-corrected chi connectivity index (χ1v) is 3.04. The molecule has 0 unspecified atom stereocenters. The van der Waals surface area contributed by atoms with Crippen LogP contribution in [0.5, 0.6) is 0 Å². The predicted octanol–water partition coefficient (Wildman–Crippen LogP) is 2.01. The third-order valence-corrected chi connectivity index (χ3v) is 0.963. The first kappa shape index (κ1) is 8.41. The van der Waals surface area contributed by atoms with Crippen LogP contribution in [-0.4, -0.2) is 5.78 Å². The van der Waals surface area contributed by atoms with Crippen molar-refractivity contribution < 1.29 is 4.79 Å². The molecule has 0 aliphatic heterocycles. The van der Waals surface area contributed by atoms with E-state index in [0.29, 0.717) is 6.42 Å². The molecule has 1 heteroatoms. The van der Waals surface area contributed by atoms with Gasteiger partial charge in [-0.15, -0.1) is 0 Å². The fourth-order valence-corrected chi connectivity index (χ4v) is 0.503. The summed E-state index contributed by atoms with van der Waals surface area (Å²) in [5.41, 5.74) is 0.788. The standard InChI is InChI=1S/C8H12O/c1-7(2)5-4-6-8(3)9/h1,5H,4,6H2,2-3H3/b7-5-. The van der Waals surface area contributed by atoms with Gasteiger partial charge >= 0.3 is 0 Å². The van der Waals surface area contributed by atoms with Crippen molar-refractivity contribution in [1.29, 1.82) is 0 Å². The fourth-order valence-electron chi connectivity index (χ4n) is 0.503. The van der Waals surface area contributed by atoms with E-state index in [-0.39, 0.29) is 5.78 Å². The lowest BCUT2D eigenvalue weighted by Crippen LogP contribution is -1.86. The fraction of sp³-hybridized carbons (Fsp3) is 0.500. The van der Waals surface area contributed by atoms with Crippen LogP contribution in [0.15, 0.2) is 11.6 Å². The second-order valence-corrected chi connectivity index (χ2v) is 2.19. The van der Waals surface area contributed by atoms with Gasteiger partial charge < -0.3 is 4.79 Å². The lowest BCUT2D eigenvalue weighted by atomic mass is 10.2. The Labute approximate surface area is 56.8 Å². The summed E-state index contributed by atoms with van der Waals surface area (Å²) >= 11 is 0. The van der Waals surface area contributed by atoms with Crippen molar-refractivity contribution in [3.63, 3.8) is 0 Å². The molecule has 0 aliphatic carbocycles. The summed E-state index contributed by atoms with van der Waals surface area (Å²) < 4.78 is 0. The average molecular weight is 124 g/mol. The lowest BCUT2D eigenvalue weighted by Gasteiger charge is -1.88. The molecule has 0 saturated carbocycles. The van der Waals surface area contributed by atoms with E-state index in [1.54, 1.807) is 6.92 Å². The van der Waals surface area contributed by atoms with Crippen molar-refractivity contribution in [2.24, 2.45) is 0 Å². The van der Waals surface area contributed by atoms with E-state index in [9.17, 15) is 4.79 Å². The molecule has 0 atom stereocenters. The van der Waals surface area contributed by atoms with Crippen LogP contribution in [0.3, 0.4) is 0 Å². The molecule has 0 saturated heterocycles. The Morgan fingerprint density at radius 2 is 2.11 bits per heavy atom. The molecule has 0 bridgehead atoms. The summed E-state index contributed by atoms with van der Waals surface area (Å²) in [4.78, 5) is 10.4. The maximum atomic E-state index is 10.4. The van der Waals surface area contributed by atoms with E-state index in [1.807, 2.05) is 13.0 Å². The van der Waals surface area contributed by atoms with Crippen LogP contribution in [0.2, 0.25) is 0 Å². The summed E-state index contributed by atoms with van der Waals surface area (Å²) in [5.74, 6) is 0.215. The molecule has 9 heavy (non-hydrogen) atoms. The second kappa shape index (κ2) is 4.30. The molecule has 1 nitrogen and oxygen atoms in total. The summed E-state index contributed by atoms with van der Waals surface area (Å²) in [5, 5.41) is 0. The number of carbonyl (C=O) groups excluding carboxylic acids is 1. The van der Waals surface area contributed by atoms with Gasteiger partial charge in [0.15, 0.2) is 0 Å². The third kappa shape index (κ3) is 7.41. The van der Waals surface area contributed by atoms with Gasteiger partial charge in [-0.25, -0.2) is 0 Å². The van der Waals surface area contributed by atoms with Gasteiger partial charge in [-0.05, 0) is 27.2 Å². The number of allylic oxidation sites excluding steroid dienone is 2. The molecule has 0 spiro atoms. The normalized spacial score (nSPS) is 11.7. The monoisotopic (exact) mass is 124 g/mol. The minimum absolute atomic E-state index is 0.215. The number of rotatable bonds is 3. The van der Waals surface area contributed by atoms with Gasteiger partial charge in [0.2, 0.25) is 0 Å². The Morgan fingerprint density at radius 3 is 2.44 bits per heavy atom. The summed E-state index contributed by atoms with van der Waals surface area (Å²) in [6, 6.07) is 0. The SMILES string of the molecule is [CH]/C(C)=C/CCC(C)=O. The highest BCUT2D eigenvalue weighted by Crippen LogP contribution is 1.96. The van der Waals surface area contributed by atoms with Crippen LogP contribution in [-0.2, 0) is 4.79 Å². The summed E-state index contributed by atoms with van der Waals surface area (Å²) in [6.45, 7) is 8.73. The number of carbonyl (C=O) groups is 1. The second-order valence-electron chi connectivity index (χ2n) is 2.19. The molecular formula is C8H12O. The third-order valence-electron chi connectivity index (χ3n) is 0.963. The molecule has 0 rings (SSSR count). The Bertz CT molecular complexity index is 119. The van der Waals surface area contributed by atoms with E-state index < -0.39 is 0 Å². The number of hydrogen-bond donors (Lipinski definition) is 0. The van der Waals surface area contributed by atoms with Gasteiger partial charge in [-0.2, -0.15) is 0 Å². The highest BCUT2D eigenvalue weighted by Gasteiger charge is 1.88. The largest absolute Gasteiger partial charge is 0.300 e. The molecule has 0 heterocycles. The van der Waals surface area contributed by atoms with Gasteiger partial charge in [0.05, 0.1) is 0 Å². The van der Waals surface area contributed by atoms with Gasteiger partial charge in [0.25, 0.3) is 0 Å². The number of ketones is 1. The molecule has 0 aromatic carbocycles. The number of hydrogen-bond acceptors (Lipinski definition) is 1. The van der Waals surface area contributed by atoms with E-state index in [2.05, 4.69) is 0 Å². The first-order valence-electron chi connectivity index (χ1n) is 3.04. The van der Waals surface area contributed by atoms with Gasteiger partial charge in [0, 0.05) is 6.42 Å². The van der Waals surface area contributed by atoms with Gasteiger partial charge in [0.1, 0.15) is 5.78 Å². The van der Waals surface area contributed by atoms with Crippen LogP contribution in [0.25, 0.3) is 0 Å². The number of Topliss-reactive ketones (excluding diaryl/α,β-unsaturated/α-hetero) is 1. The van der Waals surface area contributed by atoms with Crippen LogP contribution >= 0.6 is 0 Å². The van der Waals surface area contributed by atoms with Crippen molar-refractivity contribution in [1.82, 2.24) is 0 Å². The Morgan fingerprint density at radius 1 is 1.56 bits per heavy atom. The van der Waals surface area contributed by atoms with Crippen LogP contribution in [0, 0.1) is 6.92 Å². The minimum atomic E-state index is 0.215. The Hall–Kier alpha value is -0.590. The molecule has 0 aliphatic rings. The minimum Gasteiger partial charge on any atom is -0.300 e. The molecular weight excluding hydrogens is 112 g/mol. The van der Waals surface area contributed by atoms with E-state index >= 15 is 0 Å². The van der Waals surface area contributed by atoms with Crippen molar-refractivity contribution in [3.8, 4) is 0 Å². The summed E-state index contributed by atoms with van der Waals surface area (Å²) in [7, 11) is 0. The van der Waals surface area contributed by atoms with Crippen molar-refractivity contribution in [3.05, 3.63) is 18.6 Å². The zero-order valence-corrected chi connectivity index (χ0v) is 5.98. The molecule has 0 aromatic rings. The van der Waals surface area contributed by atoms with E-state index in [4.69, 9.17) is 6.92 Å². The van der Waals surface area contributed by atoms with E-state index in [1.165, 1.54) is 0 Å². The van der Waals surface area contributed by atoms with Crippen molar-refractivity contribution in [2.45, 2.75) is 26.7 Å². The topological polar surface area (TPSA) is 17.1 Å². The van der Waals surface area contributed by atoms with Crippen molar-refractivity contribution >= 4 is 5.78 Å². The maximum Gasteiger partial charge on any atom is 0.130 e. The molecule has 0 N–H and O–H groups in total. The van der Waals surface area contributed by atoms with Gasteiger partial charge in [-0.3, -0.25) is 0 Å². The van der Waals surface area contributed by atoms with Crippen LogP contribution in [0.1, 0.15) is 26.7 Å². The molecule has 0 amide bonds. The maximum absolute atomic E-state index is 10.4. The highest BCUT2D eigenvalue weighted by atomic mass is 16.1. The van der Waals surface area contributed by atoms with Crippen LogP contribution in [0.4, 0.5) is 0 Å². The summed E-state index contributed by atoms with van der Waals surface area (Å²) in [6.07, 6.45) is 3.24. The quantitative estimate of drug-likeness (QED) is 0.562. The molecule has 0 aromatic heterocycles. The van der Waals surface area contributed by atoms with Crippen LogP contribution < -0.4 is 0 Å². The average Bonchev–Trinajstić information content (AvgIpc) is 1.63. The zero-order valence-electron chi connectivity index (χ0n) is 5.98. The lowest BCUT2D eigenvalue weighted by molar-refractivity contribution is -0.116. The predicted molar refractivity (Wildman–Crippen MR) is 38.0 cm³/mol. The smallest absolute Gasteiger partial charge is 0.130 e. The Kier molecular flexibility index (Phi) is 4.02. The highest BCUT2D eigenvalue weighted by molar-refractivity contribution is 5.75. The first-order chi connectivity index (χ1) is 4.13. The van der Waals surface area contributed by atoms with Crippen molar-refractivity contribution in [2.75, 3.05) is 0 Å². The zero-order chi connectivity index (χ0) is 7.28. The van der Waals surface area contributed by atoms with Gasteiger partial charge in [-0.1, -0.05) is 11.6 Å². The molecule has 50 valence electrons. The van der Waals surface area contributed by atoms with E-state index in [0.717, 1.165) is 12.0 Å². The molecule has 0 fully saturated rings. The molecule has 2 radical (unpaired) electrons.